The molecule has 0 bridgehead atoms. The number of hydrogen-bond acceptors (Lipinski definition) is 3. The molecule has 1 nitrogen and oxygen atoms in total. The number of benzene rings is 1. The molecular weight excluding hydrogens is 357 g/mol. The lowest BCUT2D eigenvalue weighted by atomic mass is 10.2. The highest BCUT2D eigenvalue weighted by molar-refractivity contribution is 9.10. The van der Waals surface area contributed by atoms with Crippen LogP contribution in [0.15, 0.2) is 44.4 Å². The first kappa shape index (κ1) is 16.0. The van der Waals surface area contributed by atoms with Crippen molar-refractivity contribution in [3.63, 3.8) is 0 Å². The van der Waals surface area contributed by atoms with Gasteiger partial charge in [0.2, 0.25) is 0 Å². The van der Waals surface area contributed by atoms with Crippen molar-refractivity contribution < 1.29 is 4.39 Å². The highest BCUT2D eigenvalue weighted by atomic mass is 79.9. The van der Waals surface area contributed by atoms with E-state index in [0.717, 1.165) is 28.1 Å². The van der Waals surface area contributed by atoms with E-state index >= 15 is 0 Å². The summed E-state index contributed by atoms with van der Waals surface area (Å²) in [4.78, 5) is 1.10. The van der Waals surface area contributed by atoms with Crippen molar-refractivity contribution in [2.24, 2.45) is 0 Å². The molecule has 0 fully saturated rings. The van der Waals surface area contributed by atoms with E-state index in [9.17, 15) is 4.39 Å². The first-order valence-electron chi connectivity index (χ1n) is 6.54. The molecule has 1 unspecified atom stereocenters. The second-order valence-electron chi connectivity index (χ2n) is 4.45. The van der Waals surface area contributed by atoms with Crippen LogP contribution in [-0.2, 0) is 0 Å². The van der Waals surface area contributed by atoms with E-state index in [1.165, 1.54) is 17.7 Å². The summed E-state index contributed by atoms with van der Waals surface area (Å²) < 4.78 is 14.1. The van der Waals surface area contributed by atoms with E-state index in [1.807, 2.05) is 12.1 Å². The zero-order chi connectivity index (χ0) is 14.4. The summed E-state index contributed by atoms with van der Waals surface area (Å²) in [7, 11) is 0. The number of thioether (sulfide) groups is 1. The van der Waals surface area contributed by atoms with Gasteiger partial charge in [-0.05, 0) is 64.1 Å². The largest absolute Gasteiger partial charge is 0.309 e. The summed E-state index contributed by atoms with van der Waals surface area (Å²) in [6.07, 6.45) is 1.11. The summed E-state index contributed by atoms with van der Waals surface area (Å²) in [5, 5.41) is 7.87. The van der Waals surface area contributed by atoms with E-state index in [1.54, 1.807) is 23.1 Å². The van der Waals surface area contributed by atoms with Gasteiger partial charge in [-0.3, -0.25) is 0 Å². The molecule has 20 heavy (non-hydrogen) atoms. The van der Waals surface area contributed by atoms with Gasteiger partial charge in [0.05, 0.1) is 0 Å². The molecule has 2 rings (SSSR count). The molecule has 0 spiro atoms. The standard InChI is InChI=1S/C15H17BrFNS2/c1-2-7-18-15(13-8-19-9-14(13)16)10-20-12-5-3-11(17)4-6-12/h3-6,8-9,15,18H,2,7,10H2,1H3. The molecule has 5 heteroatoms. The topological polar surface area (TPSA) is 12.0 Å². The maximum absolute atomic E-state index is 12.9. The Morgan fingerprint density at radius 1 is 1.30 bits per heavy atom. The van der Waals surface area contributed by atoms with Crippen LogP contribution < -0.4 is 5.32 Å². The van der Waals surface area contributed by atoms with Crippen molar-refractivity contribution in [1.29, 1.82) is 0 Å². The molecule has 0 radical (unpaired) electrons. The molecule has 0 aliphatic carbocycles. The number of hydrogen-bond donors (Lipinski definition) is 1. The fourth-order valence-electron chi connectivity index (χ4n) is 1.83. The van der Waals surface area contributed by atoms with Gasteiger partial charge in [0.15, 0.2) is 0 Å². The Kier molecular flexibility index (Phi) is 6.55. The molecule has 1 aromatic carbocycles. The SMILES string of the molecule is CCCNC(CSc1ccc(F)cc1)c1cscc1Br. The third-order valence-corrected chi connectivity index (χ3v) is 5.75. The number of thiophene rings is 1. The van der Waals surface area contributed by atoms with Crippen LogP contribution in [0.5, 0.6) is 0 Å². The third-order valence-electron chi connectivity index (χ3n) is 2.89. The highest BCUT2D eigenvalue weighted by Crippen LogP contribution is 2.31. The third kappa shape index (κ3) is 4.58. The number of halogens is 2. The molecule has 108 valence electrons. The minimum absolute atomic E-state index is 0.185. The van der Waals surface area contributed by atoms with Crippen molar-refractivity contribution in [2.75, 3.05) is 12.3 Å². The quantitative estimate of drug-likeness (QED) is 0.644. The Morgan fingerprint density at radius 2 is 2.05 bits per heavy atom. The van der Waals surface area contributed by atoms with Crippen LogP contribution in [0.2, 0.25) is 0 Å². The van der Waals surface area contributed by atoms with Gasteiger partial charge in [-0.25, -0.2) is 4.39 Å². The molecule has 0 saturated heterocycles. The van der Waals surface area contributed by atoms with E-state index < -0.39 is 0 Å². The van der Waals surface area contributed by atoms with Crippen LogP contribution >= 0.6 is 39.0 Å². The fourth-order valence-corrected chi connectivity index (χ4v) is 4.44. The Labute approximate surface area is 136 Å². The zero-order valence-corrected chi connectivity index (χ0v) is 14.5. The molecule has 1 aromatic heterocycles. The maximum Gasteiger partial charge on any atom is 0.123 e. The highest BCUT2D eigenvalue weighted by Gasteiger charge is 2.15. The molecule has 1 heterocycles. The van der Waals surface area contributed by atoms with E-state index in [-0.39, 0.29) is 5.82 Å². The van der Waals surface area contributed by atoms with Crippen molar-refractivity contribution in [3.05, 3.63) is 50.9 Å². The van der Waals surface area contributed by atoms with Gasteiger partial charge in [-0.1, -0.05) is 6.92 Å². The van der Waals surface area contributed by atoms with E-state index in [0.29, 0.717) is 6.04 Å². The molecule has 1 N–H and O–H groups in total. The van der Waals surface area contributed by atoms with E-state index in [4.69, 9.17) is 0 Å². The lowest BCUT2D eigenvalue weighted by Crippen LogP contribution is -2.24. The summed E-state index contributed by atoms with van der Waals surface area (Å²) in [6, 6.07) is 7.00. The van der Waals surface area contributed by atoms with Crippen molar-refractivity contribution in [3.8, 4) is 0 Å². The predicted octanol–water partition coefficient (Wildman–Crippen LogP) is 5.48. The van der Waals surface area contributed by atoms with Crippen LogP contribution in [0.4, 0.5) is 4.39 Å². The Hall–Kier alpha value is -0.360. The molecule has 2 aromatic rings. The number of rotatable bonds is 7. The lowest BCUT2D eigenvalue weighted by molar-refractivity contribution is 0.577. The molecule has 0 saturated carbocycles. The van der Waals surface area contributed by atoms with Crippen molar-refractivity contribution in [2.45, 2.75) is 24.3 Å². The Balaban J connectivity index is 2.01. The normalized spacial score (nSPS) is 12.6. The minimum Gasteiger partial charge on any atom is -0.309 e. The molecule has 0 aliphatic rings. The van der Waals surface area contributed by atoms with Crippen LogP contribution in [0.1, 0.15) is 24.9 Å². The minimum atomic E-state index is -0.185. The van der Waals surface area contributed by atoms with Gasteiger partial charge < -0.3 is 5.32 Å². The van der Waals surface area contributed by atoms with Gasteiger partial charge in [-0.2, -0.15) is 11.3 Å². The van der Waals surface area contributed by atoms with Crippen molar-refractivity contribution in [1.82, 2.24) is 5.32 Å². The van der Waals surface area contributed by atoms with Gasteiger partial charge in [0, 0.05) is 26.5 Å². The van der Waals surface area contributed by atoms with Crippen molar-refractivity contribution >= 4 is 39.0 Å². The van der Waals surface area contributed by atoms with Crippen LogP contribution in [-0.4, -0.2) is 12.3 Å². The molecular formula is C15H17BrFNS2. The Morgan fingerprint density at radius 3 is 2.65 bits per heavy atom. The average molecular weight is 374 g/mol. The molecule has 0 aliphatic heterocycles. The van der Waals surface area contributed by atoms with Crippen LogP contribution in [0.25, 0.3) is 0 Å². The summed E-state index contributed by atoms with van der Waals surface area (Å²) >= 11 is 7.06. The lowest BCUT2D eigenvalue weighted by Gasteiger charge is -2.18. The first-order valence-corrected chi connectivity index (χ1v) is 9.26. The maximum atomic E-state index is 12.9. The van der Waals surface area contributed by atoms with Gasteiger partial charge in [0.1, 0.15) is 5.82 Å². The van der Waals surface area contributed by atoms with Crippen LogP contribution in [0.3, 0.4) is 0 Å². The van der Waals surface area contributed by atoms with Gasteiger partial charge in [0.25, 0.3) is 0 Å². The monoisotopic (exact) mass is 373 g/mol. The van der Waals surface area contributed by atoms with E-state index in [2.05, 4.69) is 38.9 Å². The molecule has 0 amide bonds. The first-order chi connectivity index (χ1) is 9.70. The summed E-state index contributed by atoms with van der Waals surface area (Å²) in [6.45, 7) is 3.16. The van der Waals surface area contributed by atoms with Gasteiger partial charge in [-0.15, -0.1) is 11.8 Å². The van der Waals surface area contributed by atoms with Gasteiger partial charge >= 0.3 is 0 Å². The Bertz CT molecular complexity index is 527. The summed E-state index contributed by atoms with van der Waals surface area (Å²) in [5.74, 6) is 0.747. The second kappa shape index (κ2) is 8.17. The smallest absolute Gasteiger partial charge is 0.123 e. The summed E-state index contributed by atoms with van der Waals surface area (Å²) in [5.41, 5.74) is 1.30. The zero-order valence-electron chi connectivity index (χ0n) is 11.2. The second-order valence-corrected chi connectivity index (χ2v) is 7.14. The molecule has 1 atom stereocenters. The number of nitrogens with one attached hydrogen (secondary N) is 1. The fraction of sp³-hybridized carbons (Fsp3) is 0.333. The average Bonchev–Trinajstić information content (AvgIpc) is 2.87. The predicted molar refractivity (Wildman–Crippen MR) is 90.2 cm³/mol. The van der Waals surface area contributed by atoms with Crippen LogP contribution in [0, 0.1) is 5.82 Å².